The first-order chi connectivity index (χ1) is 15.9. The number of likely N-dealkylation sites (tertiary alicyclic amines) is 1. The number of allylic oxidation sites excluding steroid dienone is 4. The molecule has 0 radical (unpaired) electrons. The molecule has 2 aromatic rings. The number of aliphatic imine (C=N–C) groups is 1. The zero-order valence-electron chi connectivity index (χ0n) is 19.6. The van der Waals surface area contributed by atoms with E-state index in [9.17, 15) is 9.90 Å². The Labute approximate surface area is 196 Å². The van der Waals surface area contributed by atoms with Gasteiger partial charge in [0.1, 0.15) is 0 Å². The Bertz CT molecular complexity index is 1130. The first-order valence-corrected chi connectivity index (χ1v) is 11.8. The highest BCUT2D eigenvalue weighted by atomic mass is 16.4. The molecule has 33 heavy (non-hydrogen) atoms. The van der Waals surface area contributed by atoms with Gasteiger partial charge < -0.3 is 5.11 Å². The largest absolute Gasteiger partial charge is 0.478 e. The summed E-state index contributed by atoms with van der Waals surface area (Å²) in [6, 6.07) is 17.1. The number of rotatable bonds is 6. The van der Waals surface area contributed by atoms with Gasteiger partial charge in [0.25, 0.3) is 0 Å². The van der Waals surface area contributed by atoms with Crippen LogP contribution in [-0.4, -0.2) is 40.8 Å². The summed E-state index contributed by atoms with van der Waals surface area (Å²) >= 11 is 0. The fourth-order valence-electron chi connectivity index (χ4n) is 4.52. The lowest BCUT2D eigenvalue weighted by Gasteiger charge is -2.26. The average molecular weight is 441 g/mol. The smallest absolute Gasteiger partial charge is 0.337 e. The first-order valence-electron chi connectivity index (χ1n) is 11.8. The SMILES string of the molecule is C=C1C=C(c2ccc(-c3cccc(CN4CCCCC4)c3)cc2)C=C(C(=O)O)/C1=N/C(C)C. The number of carbonyl (C=O) groups is 1. The number of benzene rings is 2. The third kappa shape index (κ3) is 5.58. The van der Waals surface area contributed by atoms with Crippen LogP contribution in [0.2, 0.25) is 0 Å². The number of piperidine rings is 1. The summed E-state index contributed by atoms with van der Waals surface area (Å²) < 4.78 is 0. The molecule has 1 aliphatic heterocycles. The van der Waals surface area contributed by atoms with Crippen molar-refractivity contribution in [2.24, 2.45) is 4.99 Å². The van der Waals surface area contributed by atoms with Gasteiger partial charge in [0.15, 0.2) is 0 Å². The highest BCUT2D eigenvalue weighted by Crippen LogP contribution is 2.29. The molecule has 1 heterocycles. The summed E-state index contributed by atoms with van der Waals surface area (Å²) in [6.45, 7) is 11.3. The van der Waals surface area contributed by atoms with Gasteiger partial charge in [-0.2, -0.15) is 0 Å². The fraction of sp³-hybridized carbons (Fsp3) is 0.310. The van der Waals surface area contributed by atoms with Crippen molar-refractivity contribution in [3.8, 4) is 11.1 Å². The van der Waals surface area contributed by atoms with Gasteiger partial charge in [-0.05, 0) is 91.4 Å². The van der Waals surface area contributed by atoms with Crippen LogP contribution in [0.4, 0.5) is 0 Å². The minimum Gasteiger partial charge on any atom is -0.478 e. The number of carboxylic acids is 1. The van der Waals surface area contributed by atoms with E-state index >= 15 is 0 Å². The topological polar surface area (TPSA) is 52.9 Å². The number of hydrogen-bond acceptors (Lipinski definition) is 3. The Kier molecular flexibility index (Phi) is 7.05. The van der Waals surface area contributed by atoms with Crippen LogP contribution in [0.3, 0.4) is 0 Å². The van der Waals surface area contributed by atoms with Crippen LogP contribution in [0.15, 0.2) is 83.4 Å². The molecule has 1 saturated heterocycles. The van der Waals surface area contributed by atoms with E-state index in [4.69, 9.17) is 0 Å². The molecule has 4 heteroatoms. The van der Waals surface area contributed by atoms with Gasteiger partial charge >= 0.3 is 5.97 Å². The average Bonchev–Trinajstić information content (AvgIpc) is 2.81. The molecule has 0 amide bonds. The molecule has 4 nitrogen and oxygen atoms in total. The van der Waals surface area contributed by atoms with E-state index in [0.29, 0.717) is 11.3 Å². The molecule has 0 bridgehead atoms. The standard InChI is InChI=1S/C29H32N2O2/c1-20(2)30-28-21(3)16-26(18-27(28)29(32)33)24-12-10-23(11-13-24)25-9-7-8-22(17-25)19-31-14-5-4-6-15-31/h7-13,16-18,20H,3-6,14-15,19H2,1-2H3,(H,32,33)/b30-28+. The number of hydrogen-bond donors (Lipinski definition) is 1. The van der Waals surface area contributed by atoms with Crippen LogP contribution in [0.5, 0.6) is 0 Å². The zero-order valence-corrected chi connectivity index (χ0v) is 19.6. The minimum atomic E-state index is -0.983. The summed E-state index contributed by atoms with van der Waals surface area (Å²) in [5, 5.41) is 9.72. The van der Waals surface area contributed by atoms with E-state index in [1.54, 1.807) is 6.08 Å². The van der Waals surface area contributed by atoms with Crippen molar-refractivity contribution in [1.82, 2.24) is 4.90 Å². The number of aliphatic carboxylic acids is 1. The maximum atomic E-state index is 11.9. The van der Waals surface area contributed by atoms with E-state index in [1.165, 1.54) is 43.5 Å². The Morgan fingerprint density at radius 3 is 2.36 bits per heavy atom. The molecule has 1 fully saturated rings. The maximum absolute atomic E-state index is 11.9. The van der Waals surface area contributed by atoms with E-state index in [-0.39, 0.29) is 11.6 Å². The monoisotopic (exact) mass is 440 g/mol. The van der Waals surface area contributed by atoms with E-state index in [0.717, 1.165) is 23.2 Å². The van der Waals surface area contributed by atoms with Gasteiger partial charge in [-0.1, -0.05) is 55.5 Å². The van der Waals surface area contributed by atoms with Crippen LogP contribution >= 0.6 is 0 Å². The second-order valence-corrected chi connectivity index (χ2v) is 9.17. The lowest BCUT2D eigenvalue weighted by Crippen LogP contribution is -2.29. The third-order valence-corrected chi connectivity index (χ3v) is 6.14. The van der Waals surface area contributed by atoms with Crippen molar-refractivity contribution in [1.29, 1.82) is 0 Å². The van der Waals surface area contributed by atoms with Crippen LogP contribution in [0.1, 0.15) is 44.2 Å². The lowest BCUT2D eigenvalue weighted by atomic mass is 9.89. The van der Waals surface area contributed by atoms with Crippen LogP contribution in [0.25, 0.3) is 16.7 Å². The molecule has 170 valence electrons. The molecule has 4 rings (SSSR count). The molecule has 1 aliphatic carbocycles. The zero-order chi connectivity index (χ0) is 23.4. The van der Waals surface area contributed by atoms with Crippen LogP contribution < -0.4 is 0 Å². The molecule has 0 spiro atoms. The normalized spacial score (nSPS) is 18.4. The Balaban J connectivity index is 1.56. The van der Waals surface area contributed by atoms with Crippen LogP contribution in [0, 0.1) is 0 Å². The Hall–Kier alpha value is -3.24. The van der Waals surface area contributed by atoms with Gasteiger partial charge in [0.2, 0.25) is 0 Å². The number of nitrogens with zero attached hydrogens (tertiary/aromatic N) is 2. The second-order valence-electron chi connectivity index (χ2n) is 9.17. The summed E-state index contributed by atoms with van der Waals surface area (Å²) in [5.41, 5.74) is 6.79. The molecule has 2 aliphatic rings. The van der Waals surface area contributed by atoms with E-state index in [2.05, 4.69) is 52.9 Å². The quantitative estimate of drug-likeness (QED) is 0.586. The van der Waals surface area contributed by atoms with Crippen molar-refractivity contribution in [2.45, 2.75) is 45.7 Å². The molecular weight excluding hydrogens is 408 g/mol. The van der Waals surface area contributed by atoms with Crippen LogP contribution in [-0.2, 0) is 11.3 Å². The predicted octanol–water partition coefficient (Wildman–Crippen LogP) is 6.15. The first kappa shape index (κ1) is 22.9. The van der Waals surface area contributed by atoms with Crippen molar-refractivity contribution < 1.29 is 9.90 Å². The number of carboxylic acid groups (broad SMARTS) is 1. The van der Waals surface area contributed by atoms with Gasteiger partial charge in [-0.25, -0.2) is 4.79 Å². The molecule has 1 N–H and O–H groups in total. The second kappa shape index (κ2) is 10.1. The van der Waals surface area contributed by atoms with Gasteiger partial charge in [-0.3, -0.25) is 9.89 Å². The van der Waals surface area contributed by atoms with E-state index < -0.39 is 5.97 Å². The van der Waals surface area contributed by atoms with Gasteiger partial charge in [0.05, 0.1) is 11.3 Å². The van der Waals surface area contributed by atoms with Crippen molar-refractivity contribution in [3.05, 3.63) is 89.5 Å². The van der Waals surface area contributed by atoms with Gasteiger partial charge in [0, 0.05) is 12.6 Å². The molecule has 0 atom stereocenters. The fourth-order valence-corrected chi connectivity index (χ4v) is 4.52. The highest BCUT2D eigenvalue weighted by molar-refractivity contribution is 6.30. The predicted molar refractivity (Wildman–Crippen MR) is 136 cm³/mol. The summed E-state index contributed by atoms with van der Waals surface area (Å²) in [7, 11) is 0. The summed E-state index contributed by atoms with van der Waals surface area (Å²) in [6.07, 6.45) is 7.56. The maximum Gasteiger partial charge on any atom is 0.337 e. The van der Waals surface area contributed by atoms with Gasteiger partial charge in [-0.15, -0.1) is 0 Å². The van der Waals surface area contributed by atoms with E-state index in [1.807, 2.05) is 32.1 Å². The lowest BCUT2D eigenvalue weighted by molar-refractivity contribution is -0.132. The van der Waals surface area contributed by atoms with Crippen molar-refractivity contribution >= 4 is 17.3 Å². The summed E-state index contributed by atoms with van der Waals surface area (Å²) in [5.74, 6) is -0.983. The minimum absolute atomic E-state index is 0.000546. The third-order valence-electron chi connectivity index (χ3n) is 6.14. The molecule has 0 saturated carbocycles. The Morgan fingerprint density at radius 1 is 1.00 bits per heavy atom. The molecule has 0 unspecified atom stereocenters. The van der Waals surface area contributed by atoms with Crippen molar-refractivity contribution in [3.63, 3.8) is 0 Å². The van der Waals surface area contributed by atoms with Crippen molar-refractivity contribution in [2.75, 3.05) is 13.1 Å². The highest BCUT2D eigenvalue weighted by Gasteiger charge is 2.22. The summed E-state index contributed by atoms with van der Waals surface area (Å²) in [4.78, 5) is 18.9. The Morgan fingerprint density at radius 2 is 1.70 bits per heavy atom. The molecular formula is C29H32N2O2. The molecule has 2 aromatic carbocycles. The molecule has 0 aromatic heterocycles.